The van der Waals surface area contributed by atoms with Crippen LogP contribution in [0.25, 0.3) is 11.0 Å². The van der Waals surface area contributed by atoms with Crippen LogP contribution in [0.15, 0.2) is 24.3 Å². The maximum Gasteiger partial charge on any atom is 0.121 e. The van der Waals surface area contributed by atoms with Crippen LogP contribution in [-0.4, -0.2) is 77.0 Å². The van der Waals surface area contributed by atoms with Crippen molar-refractivity contribution in [1.82, 2.24) is 24.7 Å². The molecule has 5 heteroatoms. The molecule has 2 saturated heterocycles. The molecule has 1 N–H and O–H groups in total. The first kappa shape index (κ1) is 17.0. The SMILES string of the molecule is CN1CCN(CCC2CCCCN2Cc2nc3ccccc3[nH]2)CC1. The van der Waals surface area contributed by atoms with Crippen LogP contribution in [0.5, 0.6) is 0 Å². The van der Waals surface area contributed by atoms with Crippen LogP contribution in [0.1, 0.15) is 31.5 Å². The summed E-state index contributed by atoms with van der Waals surface area (Å²) in [5.41, 5.74) is 2.24. The maximum absolute atomic E-state index is 4.79. The molecule has 0 saturated carbocycles. The Labute approximate surface area is 151 Å². The van der Waals surface area contributed by atoms with E-state index in [-0.39, 0.29) is 0 Å². The number of aromatic amines is 1. The van der Waals surface area contributed by atoms with Gasteiger partial charge in [-0.2, -0.15) is 0 Å². The highest BCUT2D eigenvalue weighted by atomic mass is 15.3. The summed E-state index contributed by atoms with van der Waals surface area (Å²) < 4.78 is 0. The average Bonchev–Trinajstić information content (AvgIpc) is 3.05. The Hall–Kier alpha value is -1.43. The summed E-state index contributed by atoms with van der Waals surface area (Å²) in [5.74, 6) is 1.12. The number of fused-ring (bicyclic) bond motifs is 1. The van der Waals surface area contributed by atoms with Crippen molar-refractivity contribution in [1.29, 1.82) is 0 Å². The lowest BCUT2D eigenvalue weighted by molar-refractivity contribution is 0.100. The van der Waals surface area contributed by atoms with Gasteiger partial charge in [-0.3, -0.25) is 4.90 Å². The summed E-state index contributed by atoms with van der Waals surface area (Å²) in [6.07, 6.45) is 5.34. The molecule has 1 unspecified atom stereocenters. The van der Waals surface area contributed by atoms with Crippen molar-refractivity contribution >= 4 is 11.0 Å². The van der Waals surface area contributed by atoms with Crippen molar-refractivity contribution in [2.24, 2.45) is 0 Å². The smallest absolute Gasteiger partial charge is 0.121 e. The highest BCUT2D eigenvalue weighted by Crippen LogP contribution is 2.22. The number of nitrogens with zero attached hydrogens (tertiary/aromatic N) is 4. The highest BCUT2D eigenvalue weighted by Gasteiger charge is 2.24. The lowest BCUT2D eigenvalue weighted by Gasteiger charge is -2.38. The third-order valence-corrected chi connectivity index (χ3v) is 5.91. The fraction of sp³-hybridized carbons (Fsp3) is 0.650. The second-order valence-electron chi connectivity index (χ2n) is 7.75. The quantitative estimate of drug-likeness (QED) is 0.907. The predicted molar refractivity (Wildman–Crippen MR) is 103 cm³/mol. The zero-order valence-electron chi connectivity index (χ0n) is 15.5. The Morgan fingerprint density at radius 1 is 1.08 bits per heavy atom. The van der Waals surface area contributed by atoms with Crippen molar-refractivity contribution in [2.45, 2.75) is 38.3 Å². The van der Waals surface area contributed by atoms with Gasteiger partial charge in [-0.05, 0) is 51.5 Å². The number of H-pyrrole nitrogens is 1. The van der Waals surface area contributed by atoms with Gasteiger partial charge >= 0.3 is 0 Å². The minimum absolute atomic E-state index is 0.710. The van der Waals surface area contributed by atoms with E-state index >= 15 is 0 Å². The Morgan fingerprint density at radius 3 is 2.76 bits per heavy atom. The zero-order valence-corrected chi connectivity index (χ0v) is 15.5. The Morgan fingerprint density at radius 2 is 1.92 bits per heavy atom. The monoisotopic (exact) mass is 341 g/mol. The number of para-hydroxylation sites is 2. The fourth-order valence-electron chi connectivity index (χ4n) is 4.27. The van der Waals surface area contributed by atoms with Crippen molar-refractivity contribution in [2.75, 3.05) is 46.3 Å². The largest absolute Gasteiger partial charge is 0.341 e. The summed E-state index contributed by atoms with van der Waals surface area (Å²) in [7, 11) is 2.23. The van der Waals surface area contributed by atoms with E-state index in [2.05, 4.69) is 51.0 Å². The van der Waals surface area contributed by atoms with E-state index < -0.39 is 0 Å². The molecule has 3 heterocycles. The summed E-state index contributed by atoms with van der Waals surface area (Å²) in [6, 6.07) is 9.06. The minimum Gasteiger partial charge on any atom is -0.341 e. The molecule has 136 valence electrons. The number of piperazine rings is 1. The van der Waals surface area contributed by atoms with E-state index in [0.717, 1.165) is 23.4 Å². The molecule has 0 amide bonds. The van der Waals surface area contributed by atoms with Crippen LogP contribution < -0.4 is 0 Å². The minimum atomic E-state index is 0.710. The number of likely N-dealkylation sites (tertiary alicyclic amines) is 1. The van der Waals surface area contributed by atoms with Crippen molar-refractivity contribution < 1.29 is 0 Å². The Bertz CT molecular complexity index is 641. The molecule has 2 aliphatic heterocycles. The van der Waals surface area contributed by atoms with Crippen LogP contribution in [0, 0.1) is 0 Å². The van der Waals surface area contributed by atoms with Gasteiger partial charge in [0.15, 0.2) is 0 Å². The molecule has 4 rings (SSSR count). The Kier molecular flexibility index (Phi) is 5.34. The molecule has 2 aromatic rings. The summed E-state index contributed by atoms with van der Waals surface area (Å²) in [4.78, 5) is 16.0. The van der Waals surface area contributed by atoms with Crippen molar-refractivity contribution in [3.05, 3.63) is 30.1 Å². The van der Waals surface area contributed by atoms with Gasteiger partial charge in [-0.15, -0.1) is 0 Å². The van der Waals surface area contributed by atoms with E-state index in [1.807, 2.05) is 0 Å². The predicted octanol–water partition coefficient (Wildman–Crippen LogP) is 2.55. The van der Waals surface area contributed by atoms with Crippen LogP contribution in [-0.2, 0) is 6.54 Å². The third kappa shape index (κ3) is 4.22. The molecule has 0 radical (unpaired) electrons. The number of imidazole rings is 1. The summed E-state index contributed by atoms with van der Waals surface area (Å²) in [5, 5.41) is 0. The van der Waals surface area contributed by atoms with Gasteiger partial charge in [0.05, 0.1) is 17.6 Å². The molecule has 0 aliphatic carbocycles. The van der Waals surface area contributed by atoms with Crippen LogP contribution in [0.3, 0.4) is 0 Å². The van der Waals surface area contributed by atoms with Gasteiger partial charge in [-0.25, -0.2) is 4.98 Å². The zero-order chi connectivity index (χ0) is 17.1. The molecule has 1 atom stereocenters. The second-order valence-corrected chi connectivity index (χ2v) is 7.75. The van der Waals surface area contributed by atoms with E-state index in [9.17, 15) is 0 Å². The Balaban J connectivity index is 1.35. The van der Waals surface area contributed by atoms with Gasteiger partial charge in [0.2, 0.25) is 0 Å². The van der Waals surface area contributed by atoms with Gasteiger partial charge < -0.3 is 14.8 Å². The van der Waals surface area contributed by atoms with Gasteiger partial charge in [0, 0.05) is 32.2 Å². The lowest BCUT2D eigenvalue weighted by atomic mass is 9.99. The second kappa shape index (κ2) is 7.85. The summed E-state index contributed by atoms with van der Waals surface area (Å²) in [6.45, 7) is 8.31. The summed E-state index contributed by atoms with van der Waals surface area (Å²) >= 11 is 0. The highest BCUT2D eigenvalue weighted by molar-refractivity contribution is 5.74. The van der Waals surface area contributed by atoms with Crippen molar-refractivity contribution in [3.8, 4) is 0 Å². The molecular formula is C20H31N5. The molecule has 1 aromatic carbocycles. The van der Waals surface area contributed by atoms with Gasteiger partial charge in [0.1, 0.15) is 5.82 Å². The fourth-order valence-corrected chi connectivity index (χ4v) is 4.27. The molecular weight excluding hydrogens is 310 g/mol. The number of nitrogens with one attached hydrogen (secondary N) is 1. The number of hydrogen-bond donors (Lipinski definition) is 1. The number of aromatic nitrogens is 2. The third-order valence-electron chi connectivity index (χ3n) is 5.91. The van der Waals surface area contributed by atoms with Gasteiger partial charge in [-0.1, -0.05) is 18.6 Å². The average molecular weight is 342 g/mol. The molecule has 2 aliphatic rings. The van der Waals surface area contributed by atoms with Gasteiger partial charge in [0.25, 0.3) is 0 Å². The number of benzene rings is 1. The standard InChI is InChI=1S/C20H31N5/c1-23-12-14-24(15-13-23)11-9-17-6-4-5-10-25(17)16-20-21-18-7-2-3-8-19(18)22-20/h2-3,7-8,17H,4-6,9-16H2,1H3,(H,21,22). The van der Waals surface area contributed by atoms with Crippen LogP contribution in [0.4, 0.5) is 0 Å². The number of likely N-dealkylation sites (N-methyl/N-ethyl adjacent to an activating group) is 1. The first-order valence-corrected chi connectivity index (χ1v) is 9.86. The van der Waals surface area contributed by atoms with Crippen LogP contribution in [0.2, 0.25) is 0 Å². The van der Waals surface area contributed by atoms with E-state index in [0.29, 0.717) is 6.04 Å². The van der Waals surface area contributed by atoms with Crippen LogP contribution >= 0.6 is 0 Å². The first-order valence-electron chi connectivity index (χ1n) is 9.86. The van der Waals surface area contributed by atoms with E-state index in [1.54, 1.807) is 0 Å². The number of rotatable bonds is 5. The molecule has 0 spiro atoms. The molecule has 5 nitrogen and oxygen atoms in total. The topological polar surface area (TPSA) is 38.4 Å². The first-order chi connectivity index (χ1) is 12.3. The number of hydrogen-bond acceptors (Lipinski definition) is 4. The number of piperidine rings is 1. The molecule has 2 fully saturated rings. The molecule has 1 aromatic heterocycles. The van der Waals surface area contributed by atoms with E-state index in [4.69, 9.17) is 4.98 Å². The lowest BCUT2D eigenvalue weighted by Crippen LogP contribution is -2.47. The maximum atomic E-state index is 4.79. The van der Waals surface area contributed by atoms with Crippen molar-refractivity contribution in [3.63, 3.8) is 0 Å². The molecule has 0 bridgehead atoms. The van der Waals surface area contributed by atoms with E-state index in [1.165, 1.54) is 65.0 Å². The molecule has 25 heavy (non-hydrogen) atoms. The normalized spacial score (nSPS) is 24.1.